The van der Waals surface area contributed by atoms with Crippen molar-refractivity contribution in [2.45, 2.75) is 20.3 Å². The quantitative estimate of drug-likeness (QED) is 0.898. The summed E-state index contributed by atoms with van der Waals surface area (Å²) in [5, 5.41) is 3.50. The summed E-state index contributed by atoms with van der Waals surface area (Å²) in [5.41, 5.74) is 0.625. The van der Waals surface area contributed by atoms with Gasteiger partial charge in [-0.25, -0.2) is 0 Å². The maximum Gasteiger partial charge on any atom is 0.251 e. The topological polar surface area (TPSA) is 29.1 Å². The van der Waals surface area contributed by atoms with Gasteiger partial charge >= 0.3 is 0 Å². The van der Waals surface area contributed by atoms with E-state index >= 15 is 0 Å². The zero-order valence-electron chi connectivity index (χ0n) is 9.39. The Bertz CT molecular complexity index is 381. The van der Waals surface area contributed by atoms with Crippen molar-refractivity contribution in [3.63, 3.8) is 0 Å². The van der Waals surface area contributed by atoms with Crippen LogP contribution in [0, 0.1) is 5.92 Å². The number of rotatable bonds is 4. The van der Waals surface area contributed by atoms with Gasteiger partial charge in [0.2, 0.25) is 0 Å². The van der Waals surface area contributed by atoms with Gasteiger partial charge in [-0.05, 0) is 40.0 Å². The molecule has 0 bridgehead atoms. The zero-order chi connectivity index (χ0) is 12.1. The van der Waals surface area contributed by atoms with Crippen LogP contribution in [0.2, 0.25) is 5.02 Å². The van der Waals surface area contributed by atoms with Crippen LogP contribution in [0.3, 0.4) is 0 Å². The Kier molecular flexibility index (Phi) is 5.29. The number of hydrogen-bond donors (Lipinski definition) is 1. The highest BCUT2D eigenvalue weighted by atomic mass is 79.9. The van der Waals surface area contributed by atoms with E-state index in [4.69, 9.17) is 11.6 Å². The fourth-order valence-corrected chi connectivity index (χ4v) is 1.65. The SMILES string of the molecule is CCC(C)CNC(=O)c1ccc(Cl)c(Br)c1. The van der Waals surface area contributed by atoms with Crippen LogP contribution in [0.4, 0.5) is 0 Å². The Labute approximate surface area is 110 Å². The molecule has 0 saturated carbocycles. The van der Waals surface area contributed by atoms with Crippen LogP contribution < -0.4 is 5.32 Å². The number of carbonyl (C=O) groups is 1. The van der Waals surface area contributed by atoms with E-state index in [-0.39, 0.29) is 5.91 Å². The van der Waals surface area contributed by atoms with Gasteiger partial charge in [0.05, 0.1) is 5.02 Å². The fourth-order valence-electron chi connectivity index (χ4n) is 1.15. The Hall–Kier alpha value is -0.540. The molecule has 1 aromatic carbocycles. The Morgan fingerprint density at radius 3 is 2.81 bits per heavy atom. The third kappa shape index (κ3) is 3.80. The molecule has 0 fully saturated rings. The number of amides is 1. The molecule has 1 atom stereocenters. The lowest BCUT2D eigenvalue weighted by Gasteiger charge is -2.10. The zero-order valence-corrected chi connectivity index (χ0v) is 11.7. The highest BCUT2D eigenvalue weighted by Crippen LogP contribution is 2.23. The molecule has 16 heavy (non-hydrogen) atoms. The summed E-state index contributed by atoms with van der Waals surface area (Å²) in [6, 6.07) is 5.16. The van der Waals surface area contributed by atoms with Gasteiger partial charge in [0.25, 0.3) is 5.91 Å². The molecule has 0 aromatic heterocycles. The minimum atomic E-state index is -0.0577. The highest BCUT2D eigenvalue weighted by Gasteiger charge is 2.08. The van der Waals surface area contributed by atoms with Crippen LogP contribution in [0.5, 0.6) is 0 Å². The Morgan fingerprint density at radius 2 is 2.25 bits per heavy atom. The predicted octanol–water partition coefficient (Wildman–Crippen LogP) is 3.88. The monoisotopic (exact) mass is 303 g/mol. The van der Waals surface area contributed by atoms with Crippen molar-refractivity contribution >= 4 is 33.4 Å². The minimum Gasteiger partial charge on any atom is -0.352 e. The van der Waals surface area contributed by atoms with E-state index in [1.165, 1.54) is 0 Å². The van der Waals surface area contributed by atoms with Crippen molar-refractivity contribution in [1.82, 2.24) is 5.32 Å². The van der Waals surface area contributed by atoms with Crippen molar-refractivity contribution in [2.24, 2.45) is 5.92 Å². The molecule has 1 amide bonds. The second kappa shape index (κ2) is 6.26. The summed E-state index contributed by atoms with van der Waals surface area (Å²) < 4.78 is 0.741. The summed E-state index contributed by atoms with van der Waals surface area (Å²) >= 11 is 9.15. The van der Waals surface area contributed by atoms with Crippen molar-refractivity contribution < 1.29 is 4.79 Å². The molecule has 0 saturated heterocycles. The van der Waals surface area contributed by atoms with E-state index in [2.05, 4.69) is 35.1 Å². The molecule has 0 aliphatic carbocycles. The average molecular weight is 305 g/mol. The molecule has 0 radical (unpaired) electrons. The lowest BCUT2D eigenvalue weighted by molar-refractivity contribution is 0.0948. The molecule has 1 unspecified atom stereocenters. The molecule has 1 aromatic rings. The van der Waals surface area contributed by atoms with Crippen molar-refractivity contribution in [3.8, 4) is 0 Å². The third-order valence-corrected chi connectivity index (χ3v) is 3.70. The average Bonchev–Trinajstić information content (AvgIpc) is 2.29. The third-order valence-electron chi connectivity index (χ3n) is 2.49. The Balaban J connectivity index is 2.63. The van der Waals surface area contributed by atoms with Crippen LogP contribution in [0.1, 0.15) is 30.6 Å². The van der Waals surface area contributed by atoms with Crippen LogP contribution >= 0.6 is 27.5 Å². The lowest BCUT2D eigenvalue weighted by Crippen LogP contribution is -2.28. The molecule has 0 aliphatic rings. The summed E-state index contributed by atoms with van der Waals surface area (Å²) in [6.07, 6.45) is 1.06. The summed E-state index contributed by atoms with van der Waals surface area (Å²) in [4.78, 5) is 11.8. The second-order valence-corrected chi connectivity index (χ2v) is 5.11. The van der Waals surface area contributed by atoms with E-state index in [0.29, 0.717) is 23.0 Å². The van der Waals surface area contributed by atoms with Crippen LogP contribution in [-0.2, 0) is 0 Å². The van der Waals surface area contributed by atoms with Gasteiger partial charge in [0.1, 0.15) is 0 Å². The second-order valence-electron chi connectivity index (χ2n) is 3.85. The van der Waals surface area contributed by atoms with Gasteiger partial charge in [-0.15, -0.1) is 0 Å². The highest BCUT2D eigenvalue weighted by molar-refractivity contribution is 9.10. The summed E-state index contributed by atoms with van der Waals surface area (Å²) in [5.74, 6) is 0.442. The summed E-state index contributed by atoms with van der Waals surface area (Å²) in [7, 11) is 0. The van der Waals surface area contributed by atoms with Crippen molar-refractivity contribution in [1.29, 1.82) is 0 Å². The molecule has 0 aliphatic heterocycles. The molecule has 88 valence electrons. The fraction of sp³-hybridized carbons (Fsp3) is 0.417. The molecule has 0 heterocycles. The first-order chi connectivity index (χ1) is 7.54. The number of hydrogen-bond acceptors (Lipinski definition) is 1. The number of nitrogens with one attached hydrogen (secondary N) is 1. The molecule has 2 nitrogen and oxygen atoms in total. The Morgan fingerprint density at radius 1 is 1.56 bits per heavy atom. The van der Waals surface area contributed by atoms with E-state index in [1.807, 2.05) is 0 Å². The van der Waals surface area contributed by atoms with E-state index in [0.717, 1.165) is 10.9 Å². The van der Waals surface area contributed by atoms with E-state index in [9.17, 15) is 4.79 Å². The first-order valence-corrected chi connectivity index (χ1v) is 6.45. The molecular weight excluding hydrogens is 289 g/mol. The van der Waals surface area contributed by atoms with Gasteiger partial charge < -0.3 is 5.32 Å². The minimum absolute atomic E-state index is 0.0577. The molecule has 1 N–H and O–H groups in total. The molecule has 4 heteroatoms. The predicted molar refractivity (Wildman–Crippen MR) is 70.9 cm³/mol. The summed E-state index contributed by atoms with van der Waals surface area (Å²) in [6.45, 7) is 4.92. The normalized spacial score (nSPS) is 12.2. The maximum absolute atomic E-state index is 11.8. The smallest absolute Gasteiger partial charge is 0.251 e. The molecular formula is C12H15BrClNO. The maximum atomic E-state index is 11.8. The van der Waals surface area contributed by atoms with Crippen LogP contribution in [0.15, 0.2) is 22.7 Å². The standard InChI is InChI=1S/C12H15BrClNO/c1-3-8(2)7-15-12(16)9-4-5-11(14)10(13)6-9/h4-6,8H,3,7H2,1-2H3,(H,15,16). The van der Waals surface area contributed by atoms with E-state index in [1.54, 1.807) is 18.2 Å². The van der Waals surface area contributed by atoms with Crippen molar-refractivity contribution in [2.75, 3.05) is 6.54 Å². The first kappa shape index (κ1) is 13.5. The number of halogens is 2. The number of carbonyl (C=O) groups excluding carboxylic acids is 1. The largest absolute Gasteiger partial charge is 0.352 e. The molecule has 1 rings (SSSR count). The van der Waals surface area contributed by atoms with Crippen LogP contribution in [-0.4, -0.2) is 12.5 Å². The van der Waals surface area contributed by atoms with Gasteiger partial charge in [-0.1, -0.05) is 31.9 Å². The van der Waals surface area contributed by atoms with Gasteiger partial charge in [-0.2, -0.15) is 0 Å². The van der Waals surface area contributed by atoms with Gasteiger partial charge in [0.15, 0.2) is 0 Å². The van der Waals surface area contributed by atoms with Crippen LogP contribution in [0.25, 0.3) is 0 Å². The van der Waals surface area contributed by atoms with Crippen molar-refractivity contribution in [3.05, 3.63) is 33.3 Å². The lowest BCUT2D eigenvalue weighted by atomic mass is 10.1. The first-order valence-electron chi connectivity index (χ1n) is 5.27. The molecule has 0 spiro atoms. The van der Waals surface area contributed by atoms with E-state index < -0.39 is 0 Å². The van der Waals surface area contributed by atoms with Gasteiger partial charge in [0, 0.05) is 16.6 Å². The number of benzene rings is 1. The van der Waals surface area contributed by atoms with Gasteiger partial charge in [-0.3, -0.25) is 4.79 Å².